The third-order valence-corrected chi connectivity index (χ3v) is 13.7. The van der Waals surface area contributed by atoms with Crippen LogP contribution < -0.4 is 0 Å². The largest absolute Gasteiger partial charge is 0.388 e. The summed E-state index contributed by atoms with van der Waals surface area (Å²) in [5.41, 5.74) is 0.340. The van der Waals surface area contributed by atoms with Crippen molar-refractivity contribution in [3.05, 3.63) is 0 Å². The summed E-state index contributed by atoms with van der Waals surface area (Å²) >= 11 is 16.6. The first-order valence-corrected chi connectivity index (χ1v) is 17.8. The zero-order chi connectivity index (χ0) is 27.5. The maximum atomic E-state index is 10.4. The summed E-state index contributed by atoms with van der Waals surface area (Å²) in [6.45, 7) is 19.0. The summed E-state index contributed by atoms with van der Waals surface area (Å²) in [6.07, 6.45) is 7.37. The molecule has 7 heteroatoms. The van der Waals surface area contributed by atoms with Crippen molar-refractivity contribution in [2.24, 2.45) is 28.6 Å². The van der Waals surface area contributed by atoms with Gasteiger partial charge in [0.15, 0.2) is 0 Å². The first-order valence-electron chi connectivity index (χ1n) is 14.1. The highest BCUT2D eigenvalue weighted by Gasteiger charge is 2.53. The Morgan fingerprint density at radius 2 is 1.17 bits per heavy atom. The second-order valence-electron chi connectivity index (χ2n) is 13.0. The molecule has 0 aromatic carbocycles. The fraction of sp³-hybridized carbons (Fsp3) is 1.00. The normalized spacial score (nSPS) is 35.6. The SMILES string of the molecule is CCC(C)(C)OCC(O)COC1CC(Br)C(C(C)(C)C2C(Br)CC(C(C)(CC)CC)CC2Br)C(Br)C1. The third-order valence-electron chi connectivity index (χ3n) is 9.92. The van der Waals surface area contributed by atoms with E-state index in [1.807, 2.05) is 0 Å². The van der Waals surface area contributed by atoms with E-state index in [1.165, 1.54) is 25.7 Å². The fourth-order valence-electron chi connectivity index (χ4n) is 6.62. The van der Waals surface area contributed by atoms with Crippen LogP contribution in [0.25, 0.3) is 0 Å². The van der Waals surface area contributed by atoms with Crippen LogP contribution in [0.4, 0.5) is 0 Å². The topological polar surface area (TPSA) is 38.7 Å². The van der Waals surface area contributed by atoms with Gasteiger partial charge < -0.3 is 14.6 Å². The van der Waals surface area contributed by atoms with Gasteiger partial charge in [-0.2, -0.15) is 0 Å². The number of rotatable bonds is 12. The van der Waals surface area contributed by atoms with Crippen LogP contribution in [-0.4, -0.2) is 55.4 Å². The van der Waals surface area contributed by atoms with E-state index in [0.29, 0.717) is 49.8 Å². The molecule has 214 valence electrons. The molecule has 2 fully saturated rings. The number of aliphatic hydroxyl groups is 1. The second kappa shape index (κ2) is 14.1. The van der Waals surface area contributed by atoms with Gasteiger partial charge in [0.05, 0.1) is 24.9 Å². The van der Waals surface area contributed by atoms with E-state index in [9.17, 15) is 5.11 Å². The Morgan fingerprint density at radius 3 is 1.58 bits per heavy atom. The fourth-order valence-corrected chi connectivity index (χ4v) is 13.4. The summed E-state index contributed by atoms with van der Waals surface area (Å²) in [6, 6.07) is 0. The highest BCUT2D eigenvalue weighted by atomic mass is 79.9. The van der Waals surface area contributed by atoms with Crippen LogP contribution in [0.5, 0.6) is 0 Å². The minimum absolute atomic E-state index is 0.129. The van der Waals surface area contributed by atoms with Gasteiger partial charge in [-0.1, -0.05) is 118 Å². The van der Waals surface area contributed by atoms with E-state index in [2.05, 4.69) is 119 Å². The Hall–Kier alpha value is 1.80. The Morgan fingerprint density at radius 1 is 0.722 bits per heavy atom. The molecule has 0 aromatic rings. The van der Waals surface area contributed by atoms with Gasteiger partial charge >= 0.3 is 0 Å². The van der Waals surface area contributed by atoms with Gasteiger partial charge in [0.2, 0.25) is 0 Å². The van der Waals surface area contributed by atoms with E-state index in [-0.39, 0.29) is 17.1 Å². The van der Waals surface area contributed by atoms with Crippen LogP contribution in [0.15, 0.2) is 0 Å². The third kappa shape index (κ3) is 8.41. The molecule has 0 aromatic heterocycles. The molecule has 2 saturated carbocycles. The minimum Gasteiger partial charge on any atom is -0.388 e. The number of aliphatic hydroxyl groups excluding tert-OH is 1. The molecular formula is C29H52Br4O3. The molecule has 2 aliphatic rings. The molecule has 0 amide bonds. The maximum Gasteiger partial charge on any atom is 0.101 e. The molecule has 0 radical (unpaired) electrons. The molecule has 0 spiro atoms. The quantitative estimate of drug-likeness (QED) is 0.201. The minimum atomic E-state index is -0.594. The van der Waals surface area contributed by atoms with Crippen LogP contribution in [0.1, 0.15) is 100 Å². The zero-order valence-corrected chi connectivity index (χ0v) is 30.2. The van der Waals surface area contributed by atoms with Gasteiger partial charge in [0.1, 0.15) is 6.10 Å². The molecule has 36 heavy (non-hydrogen) atoms. The predicted molar refractivity (Wildman–Crippen MR) is 168 cm³/mol. The number of ether oxygens (including phenoxy) is 2. The van der Waals surface area contributed by atoms with E-state index < -0.39 is 6.10 Å². The highest BCUT2D eigenvalue weighted by molar-refractivity contribution is 9.10. The van der Waals surface area contributed by atoms with Gasteiger partial charge in [-0.25, -0.2) is 0 Å². The van der Waals surface area contributed by atoms with E-state index in [4.69, 9.17) is 9.47 Å². The molecular weight excluding hydrogens is 716 g/mol. The van der Waals surface area contributed by atoms with E-state index in [0.717, 1.165) is 25.2 Å². The average molecular weight is 768 g/mol. The van der Waals surface area contributed by atoms with Crippen LogP contribution in [0, 0.1) is 28.6 Å². The van der Waals surface area contributed by atoms with Crippen LogP contribution in [-0.2, 0) is 9.47 Å². The lowest BCUT2D eigenvalue weighted by Crippen LogP contribution is -2.54. The smallest absolute Gasteiger partial charge is 0.101 e. The van der Waals surface area contributed by atoms with Crippen molar-refractivity contribution < 1.29 is 14.6 Å². The van der Waals surface area contributed by atoms with Crippen molar-refractivity contribution in [1.29, 1.82) is 0 Å². The monoisotopic (exact) mass is 764 g/mol. The van der Waals surface area contributed by atoms with E-state index in [1.54, 1.807) is 0 Å². The predicted octanol–water partition coefficient (Wildman–Crippen LogP) is 9.28. The van der Waals surface area contributed by atoms with Crippen molar-refractivity contribution in [3.8, 4) is 0 Å². The molecule has 2 rings (SSSR count). The summed E-state index contributed by atoms with van der Waals surface area (Å²) in [5.74, 6) is 1.78. The number of hydrogen-bond donors (Lipinski definition) is 1. The molecule has 0 saturated heterocycles. The second-order valence-corrected chi connectivity index (χ2v) is 17.7. The number of hydrogen-bond acceptors (Lipinski definition) is 3. The van der Waals surface area contributed by atoms with Crippen LogP contribution >= 0.6 is 63.7 Å². The lowest BCUT2D eigenvalue weighted by Gasteiger charge is -2.55. The Labute approximate surface area is 255 Å². The van der Waals surface area contributed by atoms with Gasteiger partial charge in [-0.05, 0) is 74.5 Å². The highest BCUT2D eigenvalue weighted by Crippen LogP contribution is 2.57. The zero-order valence-electron chi connectivity index (χ0n) is 23.8. The summed E-state index contributed by atoms with van der Waals surface area (Å²) in [7, 11) is 0. The Bertz CT molecular complexity index is 645. The maximum absolute atomic E-state index is 10.4. The van der Waals surface area contributed by atoms with Crippen LogP contribution in [0.2, 0.25) is 0 Å². The van der Waals surface area contributed by atoms with Crippen molar-refractivity contribution in [2.45, 2.75) is 137 Å². The van der Waals surface area contributed by atoms with Gasteiger partial charge in [-0.15, -0.1) is 0 Å². The van der Waals surface area contributed by atoms with E-state index >= 15 is 0 Å². The van der Waals surface area contributed by atoms with Gasteiger partial charge in [0.25, 0.3) is 0 Å². The number of halogens is 4. The molecule has 0 aliphatic heterocycles. The lowest BCUT2D eigenvalue weighted by atomic mass is 9.57. The standard InChI is InChI=1S/C29H52Br4O3/c1-9-27(4,5)36-17-19(34)16-35-20-14-23(32)26(24(33)15-20)28(6,7)25-21(30)12-18(13-22(25)31)29(8,10-2)11-3/h18-26,34H,9-17H2,1-8H3. The Kier molecular flexibility index (Phi) is 13.3. The molecule has 5 unspecified atom stereocenters. The molecule has 0 bridgehead atoms. The summed E-state index contributed by atoms with van der Waals surface area (Å²) in [5, 5.41) is 10.4. The van der Waals surface area contributed by atoms with Crippen molar-refractivity contribution in [3.63, 3.8) is 0 Å². The van der Waals surface area contributed by atoms with Gasteiger partial charge in [0, 0.05) is 19.3 Å². The van der Waals surface area contributed by atoms with Crippen molar-refractivity contribution in [1.82, 2.24) is 0 Å². The molecule has 5 atom stereocenters. The first kappa shape index (κ1) is 34.0. The lowest BCUT2D eigenvalue weighted by molar-refractivity contribution is -0.0960. The van der Waals surface area contributed by atoms with Crippen molar-refractivity contribution >= 4 is 63.7 Å². The number of alkyl halides is 4. The molecule has 3 nitrogen and oxygen atoms in total. The molecule has 2 aliphatic carbocycles. The summed E-state index contributed by atoms with van der Waals surface area (Å²) in [4.78, 5) is 1.72. The van der Waals surface area contributed by atoms with Gasteiger partial charge in [-0.3, -0.25) is 0 Å². The first-order chi connectivity index (χ1) is 16.6. The van der Waals surface area contributed by atoms with Crippen molar-refractivity contribution in [2.75, 3.05) is 13.2 Å². The Balaban J connectivity index is 2.00. The molecule has 0 heterocycles. The summed E-state index contributed by atoms with van der Waals surface area (Å²) < 4.78 is 12.1. The van der Waals surface area contributed by atoms with Crippen LogP contribution in [0.3, 0.4) is 0 Å². The molecule has 1 N–H and O–H groups in total. The average Bonchev–Trinajstić information content (AvgIpc) is 2.79.